The van der Waals surface area contributed by atoms with Crippen molar-refractivity contribution in [3.8, 4) is 0 Å². The average Bonchev–Trinajstić information content (AvgIpc) is 3.11. The summed E-state index contributed by atoms with van der Waals surface area (Å²) in [6.45, 7) is 0.854. The third-order valence-electron chi connectivity index (χ3n) is 4.57. The summed E-state index contributed by atoms with van der Waals surface area (Å²) < 4.78 is 53.7. The Balaban J connectivity index is 1.66. The van der Waals surface area contributed by atoms with Crippen LogP contribution in [-0.2, 0) is 20.8 Å². The summed E-state index contributed by atoms with van der Waals surface area (Å²) in [5.41, 5.74) is 0.820. The molecule has 1 aromatic carbocycles. The third-order valence-corrected chi connectivity index (χ3v) is 4.57. The average molecular weight is 445 g/mol. The molecule has 1 aliphatic heterocycles. The first-order valence-corrected chi connectivity index (χ1v) is 9.71. The molecular weight excluding hydrogens is 427 g/mol. The Morgan fingerprint density at radius 1 is 1.25 bits per heavy atom. The monoisotopic (exact) mass is 445 g/mol. The molecule has 0 bridgehead atoms. The zero-order valence-electron chi connectivity index (χ0n) is 17.0. The van der Waals surface area contributed by atoms with Crippen LogP contribution in [0.5, 0.6) is 0 Å². The number of carbonyl (C=O) groups is 1. The van der Waals surface area contributed by atoms with E-state index >= 15 is 0 Å². The molecule has 4 rings (SSSR count). The van der Waals surface area contributed by atoms with Gasteiger partial charge in [0.25, 0.3) is 0 Å². The van der Waals surface area contributed by atoms with Crippen molar-refractivity contribution in [2.45, 2.75) is 19.6 Å². The van der Waals surface area contributed by atoms with Gasteiger partial charge in [0.1, 0.15) is 30.5 Å². The first-order valence-electron chi connectivity index (χ1n) is 9.71. The number of aromatic nitrogens is 3. The molecule has 0 fully saturated rings. The summed E-state index contributed by atoms with van der Waals surface area (Å²) in [5, 5.41) is 4.70. The van der Waals surface area contributed by atoms with E-state index in [2.05, 4.69) is 20.1 Å². The van der Waals surface area contributed by atoms with E-state index in [0.29, 0.717) is 16.6 Å². The molecule has 0 aliphatic carbocycles. The first kappa shape index (κ1) is 21.5. The van der Waals surface area contributed by atoms with Gasteiger partial charge >= 0.3 is 5.97 Å². The summed E-state index contributed by atoms with van der Waals surface area (Å²) in [5.74, 6) is -1.73. The highest BCUT2D eigenvalue weighted by Gasteiger charge is 2.26. The van der Waals surface area contributed by atoms with Crippen LogP contribution in [0.2, 0.25) is 0 Å². The smallest absolute Gasteiger partial charge is 0.302 e. The molecular formula is C21H18F3N5O3. The second-order valence-electron chi connectivity index (χ2n) is 6.89. The fraction of sp³-hybridized carbons (Fsp3) is 0.286. The van der Waals surface area contributed by atoms with Gasteiger partial charge in [0, 0.05) is 12.5 Å². The van der Waals surface area contributed by atoms with Crippen molar-refractivity contribution in [3.63, 3.8) is 0 Å². The van der Waals surface area contributed by atoms with Crippen molar-refractivity contribution in [1.82, 2.24) is 14.8 Å². The van der Waals surface area contributed by atoms with Crippen LogP contribution in [0.1, 0.15) is 18.2 Å². The Morgan fingerprint density at radius 2 is 2.06 bits per heavy atom. The van der Waals surface area contributed by atoms with Gasteiger partial charge in [0.05, 0.1) is 24.7 Å². The summed E-state index contributed by atoms with van der Waals surface area (Å²) in [6.07, 6.45) is -0.559. The van der Waals surface area contributed by atoms with Crippen LogP contribution in [-0.4, -0.2) is 58.4 Å². The van der Waals surface area contributed by atoms with Gasteiger partial charge in [0.15, 0.2) is 17.7 Å². The Morgan fingerprint density at radius 3 is 2.84 bits per heavy atom. The quantitative estimate of drug-likeness (QED) is 0.430. The number of ether oxygens (including phenoxy) is 2. The van der Waals surface area contributed by atoms with Crippen LogP contribution < -0.4 is 0 Å². The van der Waals surface area contributed by atoms with E-state index in [4.69, 9.17) is 9.47 Å². The number of alkyl halides is 1. The summed E-state index contributed by atoms with van der Waals surface area (Å²) in [4.78, 5) is 23.1. The lowest BCUT2D eigenvalue weighted by atomic mass is 10.2. The van der Waals surface area contributed by atoms with E-state index in [-0.39, 0.29) is 43.7 Å². The van der Waals surface area contributed by atoms with E-state index in [1.165, 1.54) is 23.7 Å². The maximum absolute atomic E-state index is 14.2. The van der Waals surface area contributed by atoms with E-state index in [1.807, 2.05) is 0 Å². The highest BCUT2D eigenvalue weighted by molar-refractivity contribution is 6.12. The molecule has 0 amide bonds. The predicted molar refractivity (Wildman–Crippen MR) is 109 cm³/mol. The Kier molecular flexibility index (Phi) is 6.15. The third kappa shape index (κ3) is 4.61. The zero-order valence-corrected chi connectivity index (χ0v) is 17.0. The van der Waals surface area contributed by atoms with Crippen molar-refractivity contribution in [2.75, 3.05) is 19.8 Å². The largest absolute Gasteiger partial charge is 0.475 e. The molecule has 3 aromatic rings. The Hall–Kier alpha value is -3.76. The molecule has 166 valence electrons. The van der Waals surface area contributed by atoms with E-state index in [1.54, 1.807) is 18.2 Å². The van der Waals surface area contributed by atoms with Crippen molar-refractivity contribution < 1.29 is 27.4 Å². The van der Waals surface area contributed by atoms with Gasteiger partial charge in [-0.2, -0.15) is 10.1 Å². The number of pyridine rings is 1. The number of nitrogens with zero attached hydrogens (tertiary/aromatic N) is 5. The number of halogens is 3. The fourth-order valence-electron chi connectivity index (χ4n) is 3.13. The minimum atomic E-state index is -1.59. The fourth-order valence-corrected chi connectivity index (χ4v) is 3.13. The lowest BCUT2D eigenvalue weighted by Gasteiger charge is -2.16. The van der Waals surface area contributed by atoms with Crippen LogP contribution in [0, 0.1) is 11.6 Å². The highest BCUT2D eigenvalue weighted by atomic mass is 19.1. The normalized spacial score (nSPS) is 15.9. The summed E-state index contributed by atoms with van der Waals surface area (Å²) in [7, 11) is 0. The summed E-state index contributed by atoms with van der Waals surface area (Å²) in [6, 6.07) is 7.40. The molecule has 11 heteroatoms. The second kappa shape index (κ2) is 9.16. The molecule has 3 heterocycles. The highest BCUT2D eigenvalue weighted by Crippen LogP contribution is 2.22. The van der Waals surface area contributed by atoms with Crippen molar-refractivity contribution in [2.24, 2.45) is 9.98 Å². The topological polar surface area (TPSA) is 91.0 Å². The van der Waals surface area contributed by atoms with Gasteiger partial charge in [-0.3, -0.25) is 9.79 Å². The SMILES string of the molecule is CC(=O)OCCOC1=NC(c2nn(Cc3ccccc3F)c3ncc(F)cc23)=NCC1F. The number of rotatable bonds is 6. The number of hydrogen-bond donors (Lipinski definition) is 0. The van der Waals surface area contributed by atoms with E-state index < -0.39 is 23.8 Å². The van der Waals surface area contributed by atoms with Gasteiger partial charge in [0.2, 0.25) is 5.90 Å². The molecule has 1 unspecified atom stereocenters. The number of carbonyl (C=O) groups excluding carboxylic acids is 1. The standard InChI is InChI=1S/C21H18F3N5O3/c1-12(30)31-6-7-32-21-17(24)10-25-19(27-21)18-15-8-14(22)9-26-20(15)29(28-18)11-13-4-2-3-5-16(13)23/h2-5,8-9,17H,6-7,10-11H2,1H3. The van der Waals surface area contributed by atoms with E-state index in [9.17, 15) is 18.0 Å². The minimum Gasteiger partial charge on any atom is -0.475 e. The van der Waals surface area contributed by atoms with Crippen molar-refractivity contribution in [3.05, 3.63) is 59.4 Å². The molecule has 8 nitrogen and oxygen atoms in total. The van der Waals surface area contributed by atoms with Crippen LogP contribution >= 0.6 is 0 Å². The maximum Gasteiger partial charge on any atom is 0.302 e. The molecule has 0 radical (unpaired) electrons. The van der Waals surface area contributed by atoms with Gasteiger partial charge in [-0.25, -0.2) is 22.8 Å². The predicted octanol–water partition coefficient (Wildman–Crippen LogP) is 2.83. The first-order chi connectivity index (χ1) is 15.4. The molecule has 1 aliphatic rings. The van der Waals surface area contributed by atoms with Gasteiger partial charge in [-0.1, -0.05) is 18.2 Å². The number of hydrogen-bond acceptors (Lipinski definition) is 7. The zero-order chi connectivity index (χ0) is 22.7. The second-order valence-corrected chi connectivity index (χ2v) is 6.89. The molecule has 0 saturated carbocycles. The van der Waals surface area contributed by atoms with Crippen molar-refractivity contribution >= 4 is 28.7 Å². The van der Waals surface area contributed by atoms with Crippen LogP contribution in [0.4, 0.5) is 13.2 Å². The number of aliphatic imine (C=N–C) groups is 2. The number of amidine groups is 1. The van der Waals surface area contributed by atoms with Crippen LogP contribution in [0.25, 0.3) is 11.0 Å². The molecule has 1 atom stereocenters. The molecule has 2 aromatic heterocycles. The maximum atomic E-state index is 14.2. The van der Waals surface area contributed by atoms with Crippen LogP contribution in [0.3, 0.4) is 0 Å². The molecule has 0 spiro atoms. The number of esters is 1. The summed E-state index contributed by atoms with van der Waals surface area (Å²) >= 11 is 0. The lowest BCUT2D eigenvalue weighted by Crippen LogP contribution is -2.29. The van der Waals surface area contributed by atoms with Crippen LogP contribution in [0.15, 0.2) is 46.5 Å². The van der Waals surface area contributed by atoms with Gasteiger partial charge < -0.3 is 9.47 Å². The molecule has 32 heavy (non-hydrogen) atoms. The van der Waals surface area contributed by atoms with Crippen molar-refractivity contribution in [1.29, 1.82) is 0 Å². The van der Waals surface area contributed by atoms with Gasteiger partial charge in [-0.05, 0) is 12.1 Å². The Bertz CT molecular complexity index is 1220. The molecule has 0 N–H and O–H groups in total. The van der Waals surface area contributed by atoms with E-state index in [0.717, 1.165) is 6.20 Å². The minimum absolute atomic E-state index is 0.0334. The number of fused-ring (bicyclic) bond motifs is 1. The Labute approximate surface area is 180 Å². The molecule has 0 saturated heterocycles. The van der Waals surface area contributed by atoms with Gasteiger partial charge in [-0.15, -0.1) is 0 Å². The lowest BCUT2D eigenvalue weighted by molar-refractivity contribution is -0.141. The number of benzene rings is 1.